The normalized spacial score (nSPS) is 14.4. The van der Waals surface area contributed by atoms with E-state index in [1.165, 1.54) is 11.1 Å². The highest BCUT2D eigenvalue weighted by atomic mass is 35.5. The highest BCUT2D eigenvalue weighted by Crippen LogP contribution is 2.31. The standard InChI is InChI=1S/C14H14ClN3/c15-12-8-17-6-4-14(12)18-7-5-10-2-1-3-13(16)11(10)9-18/h1-4,6,8H,5,7,9,16H2. The van der Waals surface area contributed by atoms with Crippen molar-refractivity contribution in [3.05, 3.63) is 52.8 Å². The number of anilines is 2. The van der Waals surface area contributed by atoms with Gasteiger partial charge in [-0.05, 0) is 29.7 Å². The van der Waals surface area contributed by atoms with Crippen LogP contribution in [0.25, 0.3) is 0 Å². The van der Waals surface area contributed by atoms with E-state index in [2.05, 4.69) is 16.0 Å². The second-order valence-corrected chi connectivity index (χ2v) is 4.89. The topological polar surface area (TPSA) is 42.1 Å². The molecule has 2 heterocycles. The first kappa shape index (κ1) is 11.4. The van der Waals surface area contributed by atoms with Crippen molar-refractivity contribution in [3.8, 4) is 0 Å². The van der Waals surface area contributed by atoms with Gasteiger partial charge in [-0.15, -0.1) is 0 Å². The molecule has 18 heavy (non-hydrogen) atoms. The first-order valence-corrected chi connectivity index (χ1v) is 6.34. The Bertz CT molecular complexity index is 583. The lowest BCUT2D eigenvalue weighted by molar-refractivity contribution is 0.733. The fraction of sp³-hybridized carbons (Fsp3) is 0.214. The Labute approximate surface area is 111 Å². The van der Waals surface area contributed by atoms with Crippen LogP contribution in [0.15, 0.2) is 36.7 Å². The maximum atomic E-state index is 6.19. The van der Waals surface area contributed by atoms with E-state index in [0.717, 1.165) is 30.9 Å². The molecule has 92 valence electrons. The molecule has 1 aliphatic rings. The highest BCUT2D eigenvalue weighted by molar-refractivity contribution is 6.33. The highest BCUT2D eigenvalue weighted by Gasteiger charge is 2.19. The maximum absolute atomic E-state index is 6.19. The number of nitrogens with zero attached hydrogens (tertiary/aromatic N) is 2. The zero-order chi connectivity index (χ0) is 12.5. The Morgan fingerprint density at radius 2 is 2.17 bits per heavy atom. The summed E-state index contributed by atoms with van der Waals surface area (Å²) in [7, 11) is 0. The van der Waals surface area contributed by atoms with Crippen LogP contribution in [-0.4, -0.2) is 11.5 Å². The molecule has 0 radical (unpaired) electrons. The van der Waals surface area contributed by atoms with Crippen LogP contribution in [0.2, 0.25) is 5.02 Å². The van der Waals surface area contributed by atoms with Crippen molar-refractivity contribution in [1.29, 1.82) is 0 Å². The summed E-state index contributed by atoms with van der Waals surface area (Å²) in [6.45, 7) is 1.77. The second-order valence-electron chi connectivity index (χ2n) is 4.48. The summed E-state index contributed by atoms with van der Waals surface area (Å²) in [4.78, 5) is 6.27. The number of rotatable bonds is 1. The van der Waals surface area contributed by atoms with Crippen LogP contribution >= 0.6 is 11.6 Å². The molecule has 2 N–H and O–H groups in total. The molecule has 0 atom stereocenters. The molecule has 3 nitrogen and oxygen atoms in total. The number of nitrogen functional groups attached to an aromatic ring is 1. The lowest BCUT2D eigenvalue weighted by Crippen LogP contribution is -2.31. The van der Waals surface area contributed by atoms with Gasteiger partial charge in [0.25, 0.3) is 0 Å². The Morgan fingerprint density at radius 1 is 1.28 bits per heavy atom. The van der Waals surface area contributed by atoms with Crippen molar-refractivity contribution in [2.45, 2.75) is 13.0 Å². The molecular formula is C14H14ClN3. The van der Waals surface area contributed by atoms with E-state index in [-0.39, 0.29) is 0 Å². The summed E-state index contributed by atoms with van der Waals surface area (Å²) >= 11 is 6.19. The minimum Gasteiger partial charge on any atom is -0.398 e. The van der Waals surface area contributed by atoms with E-state index in [1.807, 2.05) is 18.2 Å². The van der Waals surface area contributed by atoms with Crippen molar-refractivity contribution in [3.63, 3.8) is 0 Å². The molecule has 1 aromatic carbocycles. The zero-order valence-electron chi connectivity index (χ0n) is 9.94. The SMILES string of the molecule is Nc1cccc2c1CN(c1ccncc1Cl)CC2. The summed E-state index contributed by atoms with van der Waals surface area (Å²) in [5, 5.41) is 0.690. The smallest absolute Gasteiger partial charge is 0.0822 e. The van der Waals surface area contributed by atoms with Crippen LogP contribution in [0.4, 0.5) is 11.4 Å². The third-order valence-corrected chi connectivity index (χ3v) is 3.69. The zero-order valence-corrected chi connectivity index (χ0v) is 10.7. The van der Waals surface area contributed by atoms with Crippen LogP contribution < -0.4 is 10.6 Å². The van der Waals surface area contributed by atoms with Gasteiger partial charge >= 0.3 is 0 Å². The largest absolute Gasteiger partial charge is 0.398 e. The molecule has 0 bridgehead atoms. The van der Waals surface area contributed by atoms with Crippen LogP contribution in [0.1, 0.15) is 11.1 Å². The average molecular weight is 260 g/mol. The minimum atomic E-state index is 0.690. The van der Waals surface area contributed by atoms with Crippen molar-refractivity contribution in [2.75, 3.05) is 17.2 Å². The molecule has 2 aromatic rings. The number of fused-ring (bicyclic) bond motifs is 1. The number of halogens is 1. The van der Waals surface area contributed by atoms with Gasteiger partial charge < -0.3 is 10.6 Å². The Hall–Kier alpha value is -1.74. The van der Waals surface area contributed by atoms with Crippen LogP contribution in [-0.2, 0) is 13.0 Å². The van der Waals surface area contributed by atoms with Gasteiger partial charge in [0, 0.05) is 31.2 Å². The van der Waals surface area contributed by atoms with Gasteiger partial charge in [0.2, 0.25) is 0 Å². The Morgan fingerprint density at radius 3 is 3.00 bits per heavy atom. The molecule has 1 aliphatic heterocycles. The molecule has 0 aliphatic carbocycles. The Kier molecular flexibility index (Phi) is 2.84. The molecule has 1 aromatic heterocycles. The summed E-state index contributed by atoms with van der Waals surface area (Å²) < 4.78 is 0. The summed E-state index contributed by atoms with van der Waals surface area (Å²) in [5.41, 5.74) is 10.5. The van der Waals surface area contributed by atoms with Crippen LogP contribution in [0, 0.1) is 0 Å². The van der Waals surface area contributed by atoms with E-state index >= 15 is 0 Å². The summed E-state index contributed by atoms with van der Waals surface area (Å²) in [6, 6.07) is 8.07. The van der Waals surface area contributed by atoms with E-state index in [0.29, 0.717) is 5.02 Å². The molecule has 0 spiro atoms. The van der Waals surface area contributed by atoms with Gasteiger partial charge in [0.15, 0.2) is 0 Å². The molecule has 0 saturated carbocycles. The predicted octanol–water partition coefficient (Wildman–Crippen LogP) is 2.88. The summed E-state index contributed by atoms with van der Waals surface area (Å²) in [5.74, 6) is 0. The molecule has 4 heteroatoms. The fourth-order valence-corrected chi connectivity index (χ4v) is 2.68. The molecule has 0 fully saturated rings. The average Bonchev–Trinajstić information content (AvgIpc) is 2.40. The van der Waals surface area contributed by atoms with Crippen molar-refractivity contribution >= 4 is 23.0 Å². The number of hydrogen-bond donors (Lipinski definition) is 1. The maximum Gasteiger partial charge on any atom is 0.0822 e. The molecule has 0 amide bonds. The first-order valence-electron chi connectivity index (χ1n) is 5.96. The van der Waals surface area contributed by atoms with E-state index in [9.17, 15) is 0 Å². The number of benzene rings is 1. The predicted molar refractivity (Wildman–Crippen MR) is 74.9 cm³/mol. The third kappa shape index (κ3) is 1.91. The third-order valence-electron chi connectivity index (χ3n) is 3.40. The number of pyridine rings is 1. The molecular weight excluding hydrogens is 246 g/mol. The van der Waals surface area contributed by atoms with E-state index in [1.54, 1.807) is 12.4 Å². The summed E-state index contributed by atoms with van der Waals surface area (Å²) in [6.07, 6.45) is 4.45. The molecule has 0 unspecified atom stereocenters. The second kappa shape index (κ2) is 4.50. The van der Waals surface area contributed by atoms with E-state index < -0.39 is 0 Å². The monoisotopic (exact) mass is 259 g/mol. The minimum absolute atomic E-state index is 0.690. The van der Waals surface area contributed by atoms with Crippen molar-refractivity contribution in [2.24, 2.45) is 0 Å². The van der Waals surface area contributed by atoms with Gasteiger partial charge in [-0.2, -0.15) is 0 Å². The van der Waals surface area contributed by atoms with Crippen molar-refractivity contribution < 1.29 is 0 Å². The van der Waals surface area contributed by atoms with Gasteiger partial charge in [0.1, 0.15) is 0 Å². The van der Waals surface area contributed by atoms with Gasteiger partial charge in [-0.3, -0.25) is 4.98 Å². The number of aromatic nitrogens is 1. The molecule has 0 saturated heterocycles. The number of hydrogen-bond acceptors (Lipinski definition) is 3. The lowest BCUT2D eigenvalue weighted by atomic mass is 9.98. The van der Waals surface area contributed by atoms with Gasteiger partial charge in [-0.25, -0.2) is 0 Å². The first-order chi connectivity index (χ1) is 8.75. The van der Waals surface area contributed by atoms with Crippen molar-refractivity contribution in [1.82, 2.24) is 4.98 Å². The fourth-order valence-electron chi connectivity index (χ4n) is 2.44. The quantitative estimate of drug-likeness (QED) is 0.801. The van der Waals surface area contributed by atoms with Crippen LogP contribution in [0.5, 0.6) is 0 Å². The van der Waals surface area contributed by atoms with Gasteiger partial charge in [-0.1, -0.05) is 23.7 Å². The Balaban J connectivity index is 1.96. The van der Waals surface area contributed by atoms with E-state index in [4.69, 9.17) is 17.3 Å². The number of nitrogens with two attached hydrogens (primary N) is 1. The van der Waals surface area contributed by atoms with Crippen LogP contribution in [0.3, 0.4) is 0 Å². The lowest BCUT2D eigenvalue weighted by Gasteiger charge is -2.31. The van der Waals surface area contributed by atoms with Gasteiger partial charge in [0.05, 0.1) is 10.7 Å². The molecule has 3 rings (SSSR count).